The number of carbonyl (C=O) groups excluding carboxylic acids is 1. The van der Waals surface area contributed by atoms with E-state index in [2.05, 4.69) is 10.3 Å². The first-order chi connectivity index (χ1) is 16.3. The quantitative estimate of drug-likeness (QED) is 0.411. The maximum absolute atomic E-state index is 12.6. The standard InChI is InChI=1S/C24H19N5O5/c1-27-21-20(22(31)28(2)24(27)33)25-13-29(21)12-19(30)26-16-9-7-14(8-10-16)17-11-15-5-3-4-6-18(15)34-23(17)32/h3-11,13H,12H2,1-2H3,(H,26,30). The Morgan fingerprint density at radius 2 is 1.74 bits per heavy atom. The molecule has 0 radical (unpaired) electrons. The van der Waals surface area contributed by atoms with Crippen molar-refractivity contribution in [1.29, 1.82) is 0 Å². The lowest BCUT2D eigenvalue weighted by molar-refractivity contribution is -0.116. The van der Waals surface area contributed by atoms with Crippen LogP contribution in [0.5, 0.6) is 0 Å². The molecule has 2 aromatic carbocycles. The highest BCUT2D eigenvalue weighted by atomic mass is 16.4. The molecule has 10 heteroatoms. The molecule has 0 atom stereocenters. The van der Waals surface area contributed by atoms with E-state index in [-0.39, 0.29) is 23.6 Å². The van der Waals surface area contributed by atoms with Gasteiger partial charge in [-0.1, -0.05) is 30.3 Å². The summed E-state index contributed by atoms with van der Waals surface area (Å²) in [4.78, 5) is 53.6. The molecule has 5 rings (SSSR count). The third kappa shape index (κ3) is 3.51. The Balaban J connectivity index is 1.38. The Bertz CT molecular complexity index is 1760. The number of amides is 1. The van der Waals surface area contributed by atoms with Crippen LogP contribution in [0.15, 0.2) is 79.7 Å². The van der Waals surface area contributed by atoms with Crippen molar-refractivity contribution in [3.05, 3.63) is 92.2 Å². The van der Waals surface area contributed by atoms with E-state index >= 15 is 0 Å². The van der Waals surface area contributed by atoms with Gasteiger partial charge >= 0.3 is 11.3 Å². The summed E-state index contributed by atoms with van der Waals surface area (Å²) >= 11 is 0. The fraction of sp³-hybridized carbons (Fsp3) is 0.125. The smallest absolute Gasteiger partial charge is 0.344 e. The van der Waals surface area contributed by atoms with Gasteiger partial charge in [0.15, 0.2) is 5.52 Å². The molecule has 34 heavy (non-hydrogen) atoms. The molecule has 0 saturated carbocycles. The Kier molecular flexibility index (Phi) is 4.97. The molecular weight excluding hydrogens is 438 g/mol. The number of imidazole rings is 1. The molecule has 1 amide bonds. The van der Waals surface area contributed by atoms with Gasteiger partial charge in [-0.2, -0.15) is 0 Å². The third-order valence-corrected chi connectivity index (χ3v) is 5.64. The minimum absolute atomic E-state index is 0.107. The largest absolute Gasteiger partial charge is 0.422 e. The van der Waals surface area contributed by atoms with Crippen LogP contribution in [0.25, 0.3) is 33.3 Å². The summed E-state index contributed by atoms with van der Waals surface area (Å²) in [6, 6.07) is 15.8. The van der Waals surface area contributed by atoms with Gasteiger partial charge in [-0.3, -0.25) is 18.7 Å². The van der Waals surface area contributed by atoms with E-state index in [1.54, 1.807) is 42.5 Å². The van der Waals surface area contributed by atoms with Gasteiger partial charge in [-0.25, -0.2) is 14.6 Å². The first-order valence-corrected chi connectivity index (χ1v) is 10.4. The van der Waals surface area contributed by atoms with Crippen molar-refractivity contribution in [2.24, 2.45) is 14.1 Å². The Labute approximate surface area is 191 Å². The fourth-order valence-electron chi connectivity index (χ4n) is 3.91. The molecule has 0 spiro atoms. The maximum Gasteiger partial charge on any atom is 0.344 e. The van der Waals surface area contributed by atoms with E-state index in [4.69, 9.17) is 4.42 Å². The number of rotatable bonds is 4. The molecule has 10 nitrogen and oxygen atoms in total. The van der Waals surface area contributed by atoms with Crippen molar-refractivity contribution < 1.29 is 9.21 Å². The van der Waals surface area contributed by atoms with Gasteiger partial charge in [0.1, 0.15) is 17.8 Å². The number of para-hydroxylation sites is 1. The lowest BCUT2D eigenvalue weighted by Crippen LogP contribution is -2.37. The zero-order valence-corrected chi connectivity index (χ0v) is 18.3. The van der Waals surface area contributed by atoms with Crippen LogP contribution in [0, 0.1) is 0 Å². The molecule has 3 aromatic heterocycles. The zero-order valence-electron chi connectivity index (χ0n) is 18.3. The van der Waals surface area contributed by atoms with E-state index in [9.17, 15) is 19.2 Å². The van der Waals surface area contributed by atoms with Crippen molar-refractivity contribution in [3.63, 3.8) is 0 Å². The second-order valence-corrected chi connectivity index (χ2v) is 7.86. The van der Waals surface area contributed by atoms with Crippen LogP contribution < -0.4 is 22.2 Å². The van der Waals surface area contributed by atoms with Crippen LogP contribution in [-0.4, -0.2) is 24.6 Å². The second-order valence-electron chi connectivity index (χ2n) is 7.86. The number of hydrogen-bond donors (Lipinski definition) is 1. The number of aryl methyl sites for hydroxylation is 1. The Morgan fingerprint density at radius 3 is 2.50 bits per heavy atom. The average molecular weight is 457 g/mol. The Morgan fingerprint density at radius 1 is 1.00 bits per heavy atom. The zero-order chi connectivity index (χ0) is 24.0. The monoisotopic (exact) mass is 457 g/mol. The predicted octanol–water partition coefficient (Wildman–Crippen LogP) is 1.85. The highest BCUT2D eigenvalue weighted by Gasteiger charge is 2.16. The molecule has 0 aliphatic carbocycles. The van der Waals surface area contributed by atoms with Crippen molar-refractivity contribution in [2.75, 3.05) is 5.32 Å². The second kappa shape index (κ2) is 8.00. The SMILES string of the molecule is Cn1c(=O)c2ncn(CC(=O)Nc3ccc(-c4cc5ccccc5oc4=O)cc3)c2n(C)c1=O. The van der Waals surface area contributed by atoms with E-state index in [1.165, 1.54) is 29.6 Å². The number of nitrogens with one attached hydrogen (secondary N) is 1. The van der Waals surface area contributed by atoms with Gasteiger partial charge in [0.05, 0.1) is 11.9 Å². The van der Waals surface area contributed by atoms with Gasteiger partial charge in [-0.15, -0.1) is 0 Å². The normalized spacial score (nSPS) is 11.2. The summed E-state index contributed by atoms with van der Waals surface area (Å²) in [6.07, 6.45) is 1.35. The van der Waals surface area contributed by atoms with E-state index < -0.39 is 16.9 Å². The first-order valence-electron chi connectivity index (χ1n) is 10.4. The summed E-state index contributed by atoms with van der Waals surface area (Å²) < 4.78 is 9.08. The van der Waals surface area contributed by atoms with Crippen molar-refractivity contribution in [3.8, 4) is 11.1 Å². The van der Waals surface area contributed by atoms with Gasteiger partial charge in [0, 0.05) is 25.2 Å². The molecule has 0 saturated heterocycles. The number of nitrogens with zero attached hydrogens (tertiary/aromatic N) is 4. The molecule has 170 valence electrons. The third-order valence-electron chi connectivity index (χ3n) is 5.64. The number of aromatic nitrogens is 4. The van der Waals surface area contributed by atoms with Gasteiger partial charge in [0.2, 0.25) is 5.91 Å². The van der Waals surface area contributed by atoms with E-state index in [0.717, 1.165) is 9.95 Å². The molecule has 0 unspecified atom stereocenters. The molecule has 0 bridgehead atoms. The molecule has 5 aromatic rings. The number of hydrogen-bond acceptors (Lipinski definition) is 6. The van der Waals surface area contributed by atoms with Gasteiger partial charge in [0.25, 0.3) is 5.56 Å². The lowest BCUT2D eigenvalue weighted by atomic mass is 10.1. The van der Waals surface area contributed by atoms with E-state index in [1.807, 2.05) is 12.1 Å². The van der Waals surface area contributed by atoms with Crippen LogP contribution in [0.4, 0.5) is 5.69 Å². The number of anilines is 1. The summed E-state index contributed by atoms with van der Waals surface area (Å²) in [5, 5.41) is 3.58. The van der Waals surface area contributed by atoms with Crippen molar-refractivity contribution in [2.45, 2.75) is 6.54 Å². The summed E-state index contributed by atoms with van der Waals surface area (Å²) in [7, 11) is 2.89. The minimum Gasteiger partial charge on any atom is -0.422 e. The molecule has 0 aliphatic heterocycles. The topological polar surface area (TPSA) is 121 Å². The van der Waals surface area contributed by atoms with Crippen LogP contribution in [0.3, 0.4) is 0 Å². The summed E-state index contributed by atoms with van der Waals surface area (Å²) in [5.41, 5.74) is 1.01. The summed E-state index contributed by atoms with van der Waals surface area (Å²) in [6.45, 7) is -0.146. The molecule has 3 heterocycles. The average Bonchev–Trinajstić information content (AvgIpc) is 3.25. The molecule has 0 fully saturated rings. The van der Waals surface area contributed by atoms with Crippen LogP contribution >= 0.6 is 0 Å². The molecule has 0 aliphatic rings. The van der Waals surface area contributed by atoms with Crippen LogP contribution in [-0.2, 0) is 25.4 Å². The number of carbonyl (C=O) groups is 1. The van der Waals surface area contributed by atoms with Crippen LogP contribution in [0.2, 0.25) is 0 Å². The lowest BCUT2D eigenvalue weighted by Gasteiger charge is -2.10. The van der Waals surface area contributed by atoms with Crippen molar-refractivity contribution >= 4 is 33.7 Å². The predicted molar refractivity (Wildman–Crippen MR) is 127 cm³/mol. The number of benzene rings is 2. The summed E-state index contributed by atoms with van der Waals surface area (Å²) in [5.74, 6) is -0.370. The van der Waals surface area contributed by atoms with E-state index in [0.29, 0.717) is 22.4 Å². The minimum atomic E-state index is -0.522. The van der Waals surface area contributed by atoms with Gasteiger partial charge < -0.3 is 14.3 Å². The Hall–Kier alpha value is -4.73. The van der Waals surface area contributed by atoms with Crippen LogP contribution in [0.1, 0.15) is 0 Å². The first kappa shape index (κ1) is 21.1. The number of fused-ring (bicyclic) bond motifs is 2. The maximum atomic E-state index is 12.6. The van der Waals surface area contributed by atoms with Crippen molar-refractivity contribution in [1.82, 2.24) is 18.7 Å². The molecule has 1 N–H and O–H groups in total. The highest BCUT2D eigenvalue weighted by Crippen LogP contribution is 2.22. The fourth-order valence-corrected chi connectivity index (χ4v) is 3.91. The highest BCUT2D eigenvalue weighted by molar-refractivity contribution is 5.91. The molecular formula is C24H19N5O5. The van der Waals surface area contributed by atoms with Gasteiger partial charge in [-0.05, 0) is 29.8 Å².